The second kappa shape index (κ2) is 8.60. The van der Waals surface area contributed by atoms with Crippen LogP contribution in [-0.4, -0.2) is 47.8 Å². The van der Waals surface area contributed by atoms with Crippen LogP contribution < -0.4 is 19.5 Å². The molecule has 10 heteroatoms. The Bertz CT molecular complexity index is 1330. The molecular formula is C23H22N4O4S2. The number of rotatable bonds is 5. The number of amides is 1. The number of ether oxygens (including phenoxy) is 3. The molecule has 1 amide bonds. The van der Waals surface area contributed by atoms with Crippen LogP contribution in [-0.2, 0) is 4.79 Å². The van der Waals surface area contributed by atoms with E-state index in [9.17, 15) is 4.79 Å². The van der Waals surface area contributed by atoms with E-state index in [1.165, 1.54) is 23.1 Å². The highest BCUT2D eigenvalue weighted by Crippen LogP contribution is 2.49. The number of carbonyl (C=O) groups excluding carboxylic acids is 1. The number of thioether (sulfide) groups is 1. The van der Waals surface area contributed by atoms with E-state index >= 15 is 0 Å². The number of hydrogen-bond donors (Lipinski definition) is 1. The van der Waals surface area contributed by atoms with Crippen LogP contribution in [0.4, 0.5) is 5.82 Å². The number of anilines is 1. The van der Waals surface area contributed by atoms with Gasteiger partial charge in [-0.25, -0.2) is 4.98 Å². The topological polar surface area (TPSA) is 87.5 Å². The van der Waals surface area contributed by atoms with Crippen LogP contribution in [0.2, 0.25) is 0 Å². The van der Waals surface area contributed by atoms with Gasteiger partial charge in [0.2, 0.25) is 11.0 Å². The zero-order chi connectivity index (χ0) is 23.1. The van der Waals surface area contributed by atoms with Gasteiger partial charge in [-0.1, -0.05) is 23.5 Å². The third-order valence-corrected chi connectivity index (χ3v) is 7.75. The monoisotopic (exact) mass is 482 g/mol. The number of aryl methyl sites for hydroxylation is 1. The number of fused-ring (bicyclic) bond motifs is 2. The SMILES string of the molecule is COc1cc(OC)c([C@H]2SCC(=O)Nc3c2c(C)nn3-c2nc3ccccc3s2)cc1OC. The van der Waals surface area contributed by atoms with E-state index in [-0.39, 0.29) is 16.9 Å². The molecule has 1 N–H and O–H groups in total. The molecule has 4 aromatic rings. The number of carbonyl (C=O) groups is 1. The van der Waals surface area contributed by atoms with Crippen LogP contribution in [0.1, 0.15) is 22.1 Å². The highest BCUT2D eigenvalue weighted by molar-refractivity contribution is 8.00. The molecule has 0 fully saturated rings. The van der Waals surface area contributed by atoms with Gasteiger partial charge in [0.15, 0.2) is 11.5 Å². The summed E-state index contributed by atoms with van der Waals surface area (Å²) < 4.78 is 19.5. The van der Waals surface area contributed by atoms with Crippen molar-refractivity contribution in [3.05, 3.63) is 53.2 Å². The van der Waals surface area contributed by atoms with Crippen molar-refractivity contribution < 1.29 is 19.0 Å². The van der Waals surface area contributed by atoms with Gasteiger partial charge in [-0.2, -0.15) is 9.78 Å². The molecule has 0 saturated carbocycles. The molecule has 2 aromatic heterocycles. The van der Waals surface area contributed by atoms with Gasteiger partial charge in [0.25, 0.3) is 0 Å². The first-order valence-corrected chi connectivity index (χ1v) is 12.1. The third kappa shape index (κ3) is 3.68. The third-order valence-electron chi connectivity index (χ3n) is 5.49. The summed E-state index contributed by atoms with van der Waals surface area (Å²) in [5.41, 5.74) is 3.49. The Hall–Kier alpha value is -3.24. The molecule has 3 heterocycles. The van der Waals surface area contributed by atoms with Gasteiger partial charge >= 0.3 is 0 Å². The lowest BCUT2D eigenvalue weighted by Crippen LogP contribution is -2.15. The van der Waals surface area contributed by atoms with Gasteiger partial charge in [0.1, 0.15) is 11.6 Å². The van der Waals surface area contributed by atoms with Gasteiger partial charge in [-0.3, -0.25) is 4.79 Å². The number of nitrogens with zero attached hydrogens (tertiary/aromatic N) is 3. The lowest BCUT2D eigenvalue weighted by atomic mass is 10.0. The quantitative estimate of drug-likeness (QED) is 0.445. The van der Waals surface area contributed by atoms with Crippen LogP contribution in [0, 0.1) is 6.92 Å². The van der Waals surface area contributed by atoms with Gasteiger partial charge < -0.3 is 19.5 Å². The Morgan fingerprint density at radius 3 is 2.52 bits per heavy atom. The van der Waals surface area contributed by atoms with Crippen LogP contribution >= 0.6 is 23.1 Å². The molecule has 5 rings (SSSR count). The summed E-state index contributed by atoms with van der Waals surface area (Å²) in [6.07, 6.45) is 0. The van der Waals surface area contributed by atoms with E-state index in [0.29, 0.717) is 28.2 Å². The minimum absolute atomic E-state index is 0.0922. The summed E-state index contributed by atoms with van der Waals surface area (Å²) in [5, 5.41) is 8.32. The van der Waals surface area contributed by atoms with Crippen molar-refractivity contribution in [1.82, 2.24) is 14.8 Å². The average Bonchev–Trinajstić information content (AvgIpc) is 3.34. The zero-order valence-electron chi connectivity index (χ0n) is 18.5. The largest absolute Gasteiger partial charge is 0.496 e. The Labute approximate surface area is 198 Å². The molecule has 8 nitrogen and oxygen atoms in total. The Morgan fingerprint density at radius 2 is 1.79 bits per heavy atom. The minimum atomic E-state index is -0.211. The molecule has 0 spiro atoms. The normalized spacial score (nSPS) is 15.6. The van der Waals surface area contributed by atoms with E-state index < -0.39 is 0 Å². The molecule has 0 bridgehead atoms. The number of methoxy groups -OCH3 is 3. The maximum absolute atomic E-state index is 12.7. The number of hydrogen-bond acceptors (Lipinski definition) is 8. The lowest BCUT2D eigenvalue weighted by molar-refractivity contribution is -0.113. The molecule has 0 aliphatic carbocycles. The average molecular weight is 483 g/mol. The number of aromatic nitrogens is 3. The van der Waals surface area contributed by atoms with Crippen LogP contribution in [0.15, 0.2) is 36.4 Å². The van der Waals surface area contributed by atoms with Crippen LogP contribution in [0.25, 0.3) is 15.3 Å². The van der Waals surface area contributed by atoms with Crippen molar-refractivity contribution in [2.45, 2.75) is 12.2 Å². The summed E-state index contributed by atoms with van der Waals surface area (Å²) >= 11 is 3.05. The van der Waals surface area contributed by atoms with Crippen molar-refractivity contribution >= 4 is 45.0 Å². The predicted octanol–water partition coefficient (Wildman–Crippen LogP) is 4.59. The summed E-state index contributed by atoms with van der Waals surface area (Å²) in [6.45, 7) is 1.95. The molecule has 0 saturated heterocycles. The summed E-state index contributed by atoms with van der Waals surface area (Å²) in [7, 11) is 4.80. The molecular weight excluding hydrogens is 460 g/mol. The Morgan fingerprint density at radius 1 is 1.06 bits per heavy atom. The molecule has 33 heavy (non-hydrogen) atoms. The highest BCUT2D eigenvalue weighted by atomic mass is 32.2. The van der Waals surface area contributed by atoms with Gasteiger partial charge in [0, 0.05) is 17.2 Å². The summed E-state index contributed by atoms with van der Waals surface area (Å²) in [5.74, 6) is 2.64. The van der Waals surface area contributed by atoms with Crippen LogP contribution in [0.3, 0.4) is 0 Å². The predicted molar refractivity (Wildman–Crippen MR) is 131 cm³/mol. The molecule has 0 radical (unpaired) electrons. The number of para-hydroxylation sites is 1. The number of nitrogens with one attached hydrogen (secondary N) is 1. The van der Waals surface area contributed by atoms with Crippen molar-refractivity contribution in [3.63, 3.8) is 0 Å². The van der Waals surface area contributed by atoms with E-state index in [1.54, 1.807) is 26.0 Å². The van der Waals surface area contributed by atoms with E-state index in [0.717, 1.165) is 27.0 Å². The van der Waals surface area contributed by atoms with Gasteiger partial charge in [-0.05, 0) is 25.1 Å². The molecule has 2 aromatic carbocycles. The molecule has 170 valence electrons. The zero-order valence-corrected chi connectivity index (χ0v) is 20.2. The second-order valence-electron chi connectivity index (χ2n) is 7.41. The fraction of sp³-hybridized carbons (Fsp3) is 0.261. The van der Waals surface area contributed by atoms with Gasteiger partial charge in [-0.15, -0.1) is 11.8 Å². The molecule has 1 aliphatic rings. The number of thiazole rings is 1. The first-order valence-electron chi connectivity index (χ1n) is 10.2. The highest BCUT2D eigenvalue weighted by Gasteiger charge is 2.33. The van der Waals surface area contributed by atoms with Crippen molar-refractivity contribution in [2.24, 2.45) is 0 Å². The summed E-state index contributed by atoms with van der Waals surface area (Å²) in [6, 6.07) is 11.6. The molecule has 1 aliphatic heterocycles. The second-order valence-corrected chi connectivity index (χ2v) is 9.51. The van der Waals surface area contributed by atoms with E-state index in [1.807, 2.05) is 43.3 Å². The van der Waals surface area contributed by atoms with Crippen molar-refractivity contribution in [3.8, 4) is 22.4 Å². The van der Waals surface area contributed by atoms with Gasteiger partial charge in [0.05, 0.1) is 48.2 Å². The van der Waals surface area contributed by atoms with Crippen molar-refractivity contribution in [2.75, 3.05) is 32.4 Å². The summed E-state index contributed by atoms with van der Waals surface area (Å²) in [4.78, 5) is 17.4. The standard InChI is InChI=1S/C23H22N4O4S2/c1-12-20-21(13-9-16(30-3)17(31-4)10-15(13)29-2)32-11-19(28)25-22(20)27(26-12)23-24-14-7-5-6-8-18(14)33-23/h5-10,21H,11H2,1-4H3,(H,25,28)/t21-/m1/s1. The van der Waals surface area contributed by atoms with E-state index in [4.69, 9.17) is 24.3 Å². The molecule has 0 unspecified atom stereocenters. The maximum atomic E-state index is 12.7. The van der Waals surface area contributed by atoms with Crippen LogP contribution in [0.5, 0.6) is 17.2 Å². The fourth-order valence-electron chi connectivity index (χ4n) is 3.98. The smallest absolute Gasteiger partial charge is 0.235 e. The first-order chi connectivity index (χ1) is 16.0. The first kappa shape index (κ1) is 21.6. The Balaban J connectivity index is 1.70. The van der Waals surface area contributed by atoms with E-state index in [2.05, 4.69) is 5.32 Å². The van der Waals surface area contributed by atoms with Crippen molar-refractivity contribution in [1.29, 1.82) is 0 Å². The fourth-order valence-corrected chi connectivity index (χ4v) is 6.10. The lowest BCUT2D eigenvalue weighted by Gasteiger charge is -2.20. The minimum Gasteiger partial charge on any atom is -0.496 e. The molecule has 1 atom stereocenters. The maximum Gasteiger partial charge on any atom is 0.235 e. The number of benzene rings is 2. The Kier molecular flexibility index (Phi) is 5.63.